The van der Waals surface area contributed by atoms with Crippen LogP contribution in [0.4, 0.5) is 0 Å². The van der Waals surface area contributed by atoms with Crippen molar-refractivity contribution in [2.24, 2.45) is 0 Å². The third kappa shape index (κ3) is 3.28. The topological polar surface area (TPSA) is 30.5 Å². The Morgan fingerprint density at radius 2 is 1.86 bits per heavy atom. The Balaban J connectivity index is 2.02. The molecule has 3 rings (SSSR count). The first kappa shape index (κ1) is 15.3. The monoisotopic (exact) mass is 431 g/mol. The van der Waals surface area contributed by atoms with Crippen molar-refractivity contribution in [3.05, 3.63) is 43.0 Å². The number of fused-ring (bicyclic) bond motifs is 1. The van der Waals surface area contributed by atoms with Crippen LogP contribution >= 0.6 is 43.2 Å². The summed E-state index contributed by atoms with van der Waals surface area (Å²) >= 11 is 8.87. The van der Waals surface area contributed by atoms with Gasteiger partial charge in [-0.15, -0.1) is 11.3 Å². The molecule has 0 aliphatic carbocycles. The molecular formula is C15H15Br2NO2S. The zero-order valence-electron chi connectivity index (χ0n) is 11.5. The van der Waals surface area contributed by atoms with E-state index in [1.54, 1.807) is 11.3 Å². The zero-order chi connectivity index (χ0) is 14.8. The molecule has 1 N–H and O–H groups in total. The first-order valence-electron chi connectivity index (χ1n) is 6.69. The van der Waals surface area contributed by atoms with Crippen molar-refractivity contribution in [1.29, 1.82) is 0 Å². The fourth-order valence-corrected chi connectivity index (χ4v) is 4.15. The molecule has 0 spiro atoms. The van der Waals surface area contributed by atoms with Crippen LogP contribution in [0.3, 0.4) is 0 Å². The normalized spacial score (nSPS) is 15.6. The molecule has 0 bridgehead atoms. The minimum absolute atomic E-state index is 0.110. The van der Waals surface area contributed by atoms with Gasteiger partial charge in [0.05, 0.1) is 23.0 Å². The fourth-order valence-electron chi connectivity index (χ4n) is 2.40. The van der Waals surface area contributed by atoms with Gasteiger partial charge in [0.25, 0.3) is 0 Å². The number of benzene rings is 1. The highest BCUT2D eigenvalue weighted by Crippen LogP contribution is 2.40. The Bertz CT molecular complexity index is 645. The van der Waals surface area contributed by atoms with Gasteiger partial charge in [-0.05, 0) is 57.7 Å². The first-order valence-corrected chi connectivity index (χ1v) is 9.16. The molecule has 1 atom stereocenters. The molecular weight excluding hydrogens is 418 g/mol. The van der Waals surface area contributed by atoms with Crippen LogP contribution in [0.1, 0.15) is 23.6 Å². The molecule has 3 nitrogen and oxygen atoms in total. The van der Waals surface area contributed by atoms with Gasteiger partial charge in [-0.2, -0.15) is 0 Å². The van der Waals surface area contributed by atoms with E-state index in [1.165, 1.54) is 5.56 Å². The molecule has 0 amide bonds. The first-order chi connectivity index (χ1) is 10.2. The molecule has 2 heterocycles. The van der Waals surface area contributed by atoms with E-state index in [0.717, 1.165) is 31.7 Å². The summed E-state index contributed by atoms with van der Waals surface area (Å²) in [4.78, 5) is 0. The third-order valence-electron chi connectivity index (χ3n) is 3.39. The summed E-state index contributed by atoms with van der Waals surface area (Å²) in [6, 6.07) is 6.32. The lowest BCUT2D eigenvalue weighted by molar-refractivity contribution is 0.297. The molecule has 0 fully saturated rings. The number of nitrogens with one attached hydrogen (secondary N) is 1. The van der Waals surface area contributed by atoms with E-state index in [-0.39, 0.29) is 6.04 Å². The lowest BCUT2D eigenvalue weighted by Gasteiger charge is -2.19. The molecule has 21 heavy (non-hydrogen) atoms. The molecule has 1 aliphatic heterocycles. The fraction of sp³-hybridized carbons (Fsp3) is 0.333. The molecule has 1 unspecified atom stereocenters. The maximum Gasteiger partial charge on any atom is 0.162 e. The number of hydrogen-bond acceptors (Lipinski definition) is 4. The van der Waals surface area contributed by atoms with Crippen molar-refractivity contribution in [3.8, 4) is 11.5 Å². The summed E-state index contributed by atoms with van der Waals surface area (Å²) in [5.74, 6) is 1.63. The van der Waals surface area contributed by atoms with Crippen molar-refractivity contribution in [2.75, 3.05) is 20.3 Å². The number of rotatable bonds is 3. The number of halogens is 2. The molecule has 0 radical (unpaired) electrons. The second kappa shape index (κ2) is 6.69. The minimum Gasteiger partial charge on any atom is -0.490 e. The van der Waals surface area contributed by atoms with Gasteiger partial charge in [0, 0.05) is 10.9 Å². The van der Waals surface area contributed by atoms with Crippen molar-refractivity contribution in [2.45, 2.75) is 12.5 Å². The second-order valence-corrected chi connectivity index (χ2v) is 7.92. The van der Waals surface area contributed by atoms with Gasteiger partial charge in [-0.25, -0.2) is 0 Å². The predicted octanol–water partition coefficient (Wildman–Crippen LogP) is 4.74. The van der Waals surface area contributed by atoms with E-state index in [4.69, 9.17) is 9.47 Å². The van der Waals surface area contributed by atoms with Crippen molar-refractivity contribution in [1.82, 2.24) is 5.32 Å². The van der Waals surface area contributed by atoms with Gasteiger partial charge < -0.3 is 14.8 Å². The van der Waals surface area contributed by atoms with Gasteiger partial charge >= 0.3 is 0 Å². The summed E-state index contributed by atoms with van der Waals surface area (Å²) in [6.45, 7) is 1.40. The highest BCUT2D eigenvalue weighted by Gasteiger charge is 2.21. The lowest BCUT2D eigenvalue weighted by Crippen LogP contribution is -2.17. The average molecular weight is 433 g/mol. The van der Waals surface area contributed by atoms with Crippen LogP contribution in [0.25, 0.3) is 0 Å². The van der Waals surface area contributed by atoms with Crippen LogP contribution in [0.15, 0.2) is 31.8 Å². The lowest BCUT2D eigenvalue weighted by atomic mass is 10.0. The number of thiophene rings is 1. The maximum absolute atomic E-state index is 5.80. The van der Waals surface area contributed by atoms with Gasteiger partial charge in [-0.3, -0.25) is 0 Å². The van der Waals surface area contributed by atoms with E-state index in [9.17, 15) is 0 Å². The summed E-state index contributed by atoms with van der Waals surface area (Å²) in [7, 11) is 1.96. The highest BCUT2D eigenvalue weighted by atomic mass is 79.9. The SMILES string of the molecule is CNC(c1csc(Br)c1)c1cc2c(cc1Br)OCCCO2. The van der Waals surface area contributed by atoms with E-state index >= 15 is 0 Å². The standard InChI is InChI=1S/C15H15Br2NO2S/c1-18-15(9-5-14(17)21-8-9)10-6-12-13(7-11(10)16)20-4-2-3-19-12/h5-8,15,18H,2-4H2,1H3. The van der Waals surface area contributed by atoms with Crippen molar-refractivity contribution in [3.63, 3.8) is 0 Å². The summed E-state index contributed by atoms with van der Waals surface area (Å²) in [5.41, 5.74) is 2.37. The van der Waals surface area contributed by atoms with Crippen LogP contribution in [-0.4, -0.2) is 20.3 Å². The Morgan fingerprint density at radius 1 is 1.14 bits per heavy atom. The molecule has 1 aromatic heterocycles. The maximum atomic E-state index is 5.80. The summed E-state index contributed by atoms with van der Waals surface area (Å²) in [6.07, 6.45) is 0.911. The Hall–Kier alpha value is -0.560. The van der Waals surface area contributed by atoms with Crippen LogP contribution in [0, 0.1) is 0 Å². The molecule has 112 valence electrons. The number of ether oxygens (including phenoxy) is 2. The van der Waals surface area contributed by atoms with Gasteiger partial charge in [0.15, 0.2) is 11.5 Å². The average Bonchev–Trinajstić information content (AvgIpc) is 2.76. The highest BCUT2D eigenvalue weighted by molar-refractivity contribution is 9.11. The van der Waals surface area contributed by atoms with Gasteiger partial charge in [0.1, 0.15) is 0 Å². The molecule has 2 aromatic rings. The second-order valence-electron chi connectivity index (χ2n) is 4.78. The van der Waals surface area contributed by atoms with Gasteiger partial charge in [0.2, 0.25) is 0 Å². The Labute approximate surface area is 144 Å². The third-order valence-corrected chi connectivity index (χ3v) is 5.60. The van der Waals surface area contributed by atoms with Crippen LogP contribution in [0.5, 0.6) is 11.5 Å². The molecule has 0 saturated heterocycles. The van der Waals surface area contributed by atoms with E-state index < -0.39 is 0 Å². The van der Waals surface area contributed by atoms with Crippen molar-refractivity contribution < 1.29 is 9.47 Å². The van der Waals surface area contributed by atoms with Crippen LogP contribution in [0.2, 0.25) is 0 Å². The molecule has 6 heteroatoms. The largest absolute Gasteiger partial charge is 0.490 e. The molecule has 1 aliphatic rings. The smallest absolute Gasteiger partial charge is 0.162 e. The Morgan fingerprint density at radius 3 is 2.48 bits per heavy atom. The van der Waals surface area contributed by atoms with E-state index in [2.05, 4.69) is 54.7 Å². The summed E-state index contributed by atoms with van der Waals surface area (Å²) in [5, 5.41) is 5.52. The quantitative estimate of drug-likeness (QED) is 0.759. The van der Waals surface area contributed by atoms with Crippen LogP contribution < -0.4 is 14.8 Å². The van der Waals surface area contributed by atoms with Gasteiger partial charge in [-0.1, -0.05) is 15.9 Å². The van der Waals surface area contributed by atoms with E-state index in [1.807, 2.05) is 13.1 Å². The Kier molecular flexibility index (Phi) is 4.88. The molecule has 0 saturated carbocycles. The minimum atomic E-state index is 0.110. The molecule has 1 aromatic carbocycles. The van der Waals surface area contributed by atoms with Crippen molar-refractivity contribution >= 4 is 43.2 Å². The summed E-state index contributed by atoms with van der Waals surface area (Å²) < 4.78 is 13.7. The zero-order valence-corrected chi connectivity index (χ0v) is 15.5. The predicted molar refractivity (Wildman–Crippen MR) is 92.7 cm³/mol. The number of hydrogen-bond donors (Lipinski definition) is 1. The van der Waals surface area contributed by atoms with E-state index in [0.29, 0.717) is 13.2 Å². The van der Waals surface area contributed by atoms with Crippen LogP contribution in [-0.2, 0) is 0 Å².